The van der Waals surface area contributed by atoms with Gasteiger partial charge in [0.15, 0.2) is 11.5 Å². The molecule has 0 saturated carbocycles. The van der Waals surface area contributed by atoms with Gasteiger partial charge in [-0.25, -0.2) is 0 Å². The van der Waals surface area contributed by atoms with Gasteiger partial charge in [-0.2, -0.15) is 0 Å². The monoisotopic (exact) mass is 288 g/mol. The maximum absolute atomic E-state index is 5.31. The lowest BCUT2D eigenvalue weighted by Crippen LogP contribution is -1.93. The van der Waals surface area contributed by atoms with Crippen LogP contribution in [0.4, 0.5) is 0 Å². The van der Waals surface area contributed by atoms with Crippen molar-refractivity contribution in [2.24, 2.45) is 0 Å². The van der Waals surface area contributed by atoms with Gasteiger partial charge in [-0.3, -0.25) is 0 Å². The number of benzene rings is 1. The van der Waals surface area contributed by atoms with Gasteiger partial charge < -0.3 is 9.47 Å². The van der Waals surface area contributed by atoms with Crippen molar-refractivity contribution in [3.8, 4) is 23.8 Å². The molecule has 1 aromatic rings. The second kappa shape index (κ2) is 4.38. The van der Waals surface area contributed by atoms with Gasteiger partial charge >= 0.3 is 0 Å². The summed E-state index contributed by atoms with van der Waals surface area (Å²) in [7, 11) is 3.19. The van der Waals surface area contributed by atoms with E-state index in [4.69, 9.17) is 15.9 Å². The third-order valence-corrected chi connectivity index (χ3v) is 2.52. The van der Waals surface area contributed by atoms with E-state index in [1.165, 1.54) is 0 Å². The quantitative estimate of drug-likeness (QED) is 0.614. The number of hydrogen-bond acceptors (Lipinski definition) is 2. The smallest absolute Gasteiger partial charge is 0.162 e. The van der Waals surface area contributed by atoms with Crippen LogP contribution in [0.1, 0.15) is 5.56 Å². The van der Waals surface area contributed by atoms with Gasteiger partial charge in [0.05, 0.1) is 14.2 Å². The highest BCUT2D eigenvalue weighted by atomic mass is 127. The lowest BCUT2D eigenvalue weighted by atomic mass is 10.2. The van der Waals surface area contributed by atoms with Crippen LogP contribution in [-0.4, -0.2) is 14.2 Å². The van der Waals surface area contributed by atoms with Crippen LogP contribution in [0.15, 0.2) is 12.1 Å². The number of hydrogen-bond donors (Lipinski definition) is 0. The highest BCUT2D eigenvalue weighted by Crippen LogP contribution is 2.30. The van der Waals surface area contributed by atoms with E-state index in [-0.39, 0.29) is 0 Å². The minimum Gasteiger partial charge on any atom is -0.493 e. The second-order valence-corrected chi connectivity index (χ2v) is 3.49. The minimum absolute atomic E-state index is 0.663. The Labute approximate surface area is 91.4 Å². The fourth-order valence-electron chi connectivity index (χ4n) is 0.965. The first-order valence-electron chi connectivity index (χ1n) is 3.61. The number of ether oxygens (including phenoxy) is 2. The Hall–Kier alpha value is -0.890. The molecule has 0 saturated heterocycles. The van der Waals surface area contributed by atoms with Crippen molar-refractivity contribution in [1.82, 2.24) is 0 Å². The molecule has 0 heterocycles. The molecule has 1 rings (SSSR count). The van der Waals surface area contributed by atoms with Gasteiger partial charge in [0.25, 0.3) is 0 Å². The van der Waals surface area contributed by atoms with Gasteiger partial charge in [0, 0.05) is 15.2 Å². The Morgan fingerprint density at radius 1 is 1.23 bits per heavy atom. The van der Waals surface area contributed by atoms with E-state index in [1.807, 2.05) is 6.07 Å². The molecule has 0 N–H and O–H groups in total. The molecule has 0 unspecified atom stereocenters. The molecule has 0 aliphatic heterocycles. The van der Waals surface area contributed by atoms with E-state index >= 15 is 0 Å². The second-order valence-electron chi connectivity index (χ2n) is 2.33. The zero-order valence-corrected chi connectivity index (χ0v) is 9.58. The van der Waals surface area contributed by atoms with E-state index in [9.17, 15) is 0 Å². The molecule has 0 spiro atoms. The van der Waals surface area contributed by atoms with Gasteiger partial charge in [0.1, 0.15) is 0 Å². The van der Waals surface area contributed by atoms with Crippen molar-refractivity contribution in [3.05, 3.63) is 21.3 Å². The third kappa shape index (κ3) is 2.07. The molecule has 0 bridgehead atoms. The van der Waals surface area contributed by atoms with Crippen LogP contribution in [0.5, 0.6) is 11.5 Å². The molecule has 3 heteroatoms. The predicted octanol–water partition coefficient (Wildman–Crippen LogP) is 2.29. The van der Waals surface area contributed by atoms with E-state index in [2.05, 4.69) is 28.5 Å². The van der Waals surface area contributed by atoms with E-state index in [1.54, 1.807) is 20.3 Å². The van der Waals surface area contributed by atoms with Crippen molar-refractivity contribution in [1.29, 1.82) is 0 Å². The Morgan fingerprint density at radius 3 is 2.23 bits per heavy atom. The van der Waals surface area contributed by atoms with Crippen LogP contribution in [0, 0.1) is 15.9 Å². The molecule has 0 amide bonds. The van der Waals surface area contributed by atoms with Gasteiger partial charge in [-0.05, 0) is 28.7 Å². The molecule has 0 aliphatic carbocycles. The number of terminal acetylenes is 1. The fourth-order valence-corrected chi connectivity index (χ4v) is 1.56. The fraction of sp³-hybridized carbons (Fsp3) is 0.200. The van der Waals surface area contributed by atoms with Crippen molar-refractivity contribution in [2.75, 3.05) is 14.2 Å². The Balaban J connectivity index is 3.28. The minimum atomic E-state index is 0.663. The van der Waals surface area contributed by atoms with E-state index < -0.39 is 0 Å². The van der Waals surface area contributed by atoms with E-state index in [0.29, 0.717) is 11.5 Å². The highest BCUT2D eigenvalue weighted by molar-refractivity contribution is 14.1. The first kappa shape index (κ1) is 10.2. The SMILES string of the molecule is C#Cc1cc(OC)c(OC)cc1I. The lowest BCUT2D eigenvalue weighted by molar-refractivity contribution is 0.354. The van der Waals surface area contributed by atoms with E-state index in [0.717, 1.165) is 9.13 Å². The summed E-state index contributed by atoms with van der Waals surface area (Å²) < 4.78 is 11.2. The molecular formula is C10H9IO2. The lowest BCUT2D eigenvalue weighted by Gasteiger charge is -2.08. The first-order valence-corrected chi connectivity index (χ1v) is 4.69. The summed E-state index contributed by atoms with van der Waals surface area (Å²) in [5, 5.41) is 0. The number of methoxy groups -OCH3 is 2. The average Bonchev–Trinajstić information content (AvgIpc) is 2.17. The van der Waals surface area contributed by atoms with Crippen molar-refractivity contribution in [2.45, 2.75) is 0 Å². The van der Waals surface area contributed by atoms with Gasteiger partial charge in [-0.15, -0.1) is 6.42 Å². The van der Waals surface area contributed by atoms with Gasteiger partial charge in [0.2, 0.25) is 0 Å². The third-order valence-electron chi connectivity index (χ3n) is 1.63. The summed E-state index contributed by atoms with van der Waals surface area (Å²) in [5.41, 5.74) is 0.818. The highest BCUT2D eigenvalue weighted by Gasteiger charge is 2.07. The molecule has 1 aromatic carbocycles. The average molecular weight is 288 g/mol. The Bertz CT molecular complexity index is 353. The van der Waals surface area contributed by atoms with Crippen LogP contribution < -0.4 is 9.47 Å². The largest absolute Gasteiger partial charge is 0.493 e. The summed E-state index contributed by atoms with van der Waals surface area (Å²) in [6.07, 6.45) is 5.31. The van der Waals surface area contributed by atoms with Crippen molar-refractivity contribution in [3.63, 3.8) is 0 Å². The molecule has 0 aliphatic rings. The summed E-state index contributed by atoms with van der Waals surface area (Å²) in [4.78, 5) is 0. The van der Waals surface area contributed by atoms with Crippen LogP contribution in [0.3, 0.4) is 0 Å². The first-order chi connectivity index (χ1) is 6.22. The van der Waals surface area contributed by atoms with Crippen LogP contribution in [-0.2, 0) is 0 Å². The zero-order chi connectivity index (χ0) is 9.84. The molecular weight excluding hydrogens is 279 g/mol. The topological polar surface area (TPSA) is 18.5 Å². The maximum Gasteiger partial charge on any atom is 0.162 e. The maximum atomic E-state index is 5.31. The molecule has 0 atom stereocenters. The summed E-state index contributed by atoms with van der Waals surface area (Å²) in [6.45, 7) is 0. The summed E-state index contributed by atoms with van der Waals surface area (Å²) in [6, 6.07) is 3.65. The Kier molecular flexibility index (Phi) is 3.43. The zero-order valence-electron chi connectivity index (χ0n) is 7.43. The predicted molar refractivity (Wildman–Crippen MR) is 60.2 cm³/mol. The molecule has 68 valence electrons. The molecule has 13 heavy (non-hydrogen) atoms. The summed E-state index contributed by atoms with van der Waals surface area (Å²) in [5.74, 6) is 3.94. The standard InChI is InChI=1S/C10H9IO2/c1-4-7-5-9(12-2)10(13-3)6-8(7)11/h1,5-6H,2-3H3. The van der Waals surface area contributed by atoms with Crippen LogP contribution in [0.2, 0.25) is 0 Å². The van der Waals surface area contributed by atoms with Crippen LogP contribution in [0.25, 0.3) is 0 Å². The number of rotatable bonds is 2. The van der Waals surface area contributed by atoms with Crippen LogP contribution >= 0.6 is 22.6 Å². The molecule has 0 fully saturated rings. The normalized spacial score (nSPS) is 9.08. The number of halogens is 1. The molecule has 0 aromatic heterocycles. The Morgan fingerprint density at radius 2 is 1.77 bits per heavy atom. The summed E-state index contributed by atoms with van der Waals surface area (Å²) >= 11 is 2.16. The molecule has 2 nitrogen and oxygen atoms in total. The van der Waals surface area contributed by atoms with Crippen molar-refractivity contribution >= 4 is 22.6 Å². The van der Waals surface area contributed by atoms with Gasteiger partial charge in [-0.1, -0.05) is 5.92 Å². The molecule has 0 radical (unpaired) electrons. The van der Waals surface area contributed by atoms with Crippen molar-refractivity contribution < 1.29 is 9.47 Å².